The van der Waals surface area contributed by atoms with Crippen molar-refractivity contribution >= 4 is 0 Å². The normalized spacial score (nSPS) is 14.4. The topological polar surface area (TPSA) is 35.5 Å². The van der Waals surface area contributed by atoms with E-state index in [0.29, 0.717) is 17.7 Å². The van der Waals surface area contributed by atoms with Crippen LogP contribution in [0.25, 0.3) is 0 Å². The van der Waals surface area contributed by atoms with Gasteiger partial charge in [-0.05, 0) is 51.9 Å². The summed E-state index contributed by atoms with van der Waals surface area (Å²) in [5.41, 5.74) is 3.05. The molecule has 1 aromatic carbocycles. The molecule has 0 radical (unpaired) electrons. The molecule has 1 rings (SSSR count). The summed E-state index contributed by atoms with van der Waals surface area (Å²) in [4.78, 5) is 2.03. The molecule has 0 fully saturated rings. The van der Waals surface area contributed by atoms with Crippen LogP contribution in [0, 0.1) is 12.7 Å². The Kier molecular flexibility index (Phi) is 8.42. The highest BCUT2D eigenvalue weighted by Gasteiger charge is 2.25. The summed E-state index contributed by atoms with van der Waals surface area (Å²) >= 11 is 0. The zero-order valence-corrected chi connectivity index (χ0v) is 16.2. The highest BCUT2D eigenvalue weighted by Crippen LogP contribution is 2.36. The third-order valence-corrected chi connectivity index (χ3v) is 4.21. The maximum absolute atomic E-state index is 14.7. The molecule has 4 heteroatoms. The van der Waals surface area contributed by atoms with Crippen molar-refractivity contribution in [2.45, 2.75) is 40.2 Å². The Hall–Kier alpha value is -2.07. The van der Waals surface area contributed by atoms with Crippen LogP contribution in [-0.2, 0) is 0 Å². The van der Waals surface area contributed by atoms with E-state index in [1.165, 1.54) is 6.07 Å². The van der Waals surface area contributed by atoms with Gasteiger partial charge in [0.15, 0.2) is 0 Å². The molecule has 0 saturated heterocycles. The van der Waals surface area contributed by atoms with Gasteiger partial charge in [0.1, 0.15) is 11.6 Å². The lowest BCUT2D eigenvalue weighted by atomic mass is 9.95. The van der Waals surface area contributed by atoms with Gasteiger partial charge in [0.25, 0.3) is 0 Å². The molecule has 25 heavy (non-hydrogen) atoms. The molecular weight excluding hydrogens is 315 g/mol. The summed E-state index contributed by atoms with van der Waals surface area (Å²) < 4.78 is 14.7. The molecule has 1 unspecified atom stereocenters. The van der Waals surface area contributed by atoms with Crippen LogP contribution in [0.4, 0.5) is 4.39 Å². The van der Waals surface area contributed by atoms with E-state index in [1.54, 1.807) is 13.0 Å². The van der Waals surface area contributed by atoms with Crippen LogP contribution in [0.1, 0.15) is 44.4 Å². The summed E-state index contributed by atoms with van der Waals surface area (Å²) in [6.45, 7) is 8.43. The van der Waals surface area contributed by atoms with Gasteiger partial charge in [-0.25, -0.2) is 4.39 Å². The number of likely N-dealkylation sites (N-methyl/N-ethyl adjacent to an activating group) is 1. The zero-order chi connectivity index (χ0) is 19.0. The minimum atomic E-state index is -0.379. The predicted molar refractivity (Wildman–Crippen MR) is 104 cm³/mol. The van der Waals surface area contributed by atoms with E-state index >= 15 is 0 Å². The molecule has 0 aliphatic carbocycles. The van der Waals surface area contributed by atoms with Gasteiger partial charge in [0.2, 0.25) is 0 Å². The third-order valence-electron chi connectivity index (χ3n) is 4.21. The van der Waals surface area contributed by atoms with E-state index in [9.17, 15) is 9.50 Å². The molecule has 0 heterocycles. The highest BCUT2D eigenvalue weighted by molar-refractivity contribution is 5.43. The molecule has 138 valence electrons. The molecule has 0 aromatic heterocycles. The van der Waals surface area contributed by atoms with E-state index in [4.69, 9.17) is 0 Å². The first kappa shape index (κ1) is 21.0. The number of nitrogens with one attached hydrogen (secondary N) is 1. The van der Waals surface area contributed by atoms with Gasteiger partial charge in [0, 0.05) is 19.3 Å². The van der Waals surface area contributed by atoms with Crippen molar-refractivity contribution in [3.63, 3.8) is 0 Å². The first-order valence-electron chi connectivity index (χ1n) is 8.68. The molecular formula is C21H31FN2O. The predicted octanol–water partition coefficient (Wildman–Crippen LogP) is 4.85. The second kappa shape index (κ2) is 10.0. The molecule has 3 nitrogen and oxygen atoms in total. The van der Waals surface area contributed by atoms with E-state index in [2.05, 4.69) is 18.3 Å². The SMILES string of the molecule is CC/C=C\C=C(/C)C(c1c(O)cc(C)cc1F)N(C)C/C=C(\C)NC. The second-order valence-corrected chi connectivity index (χ2v) is 6.41. The van der Waals surface area contributed by atoms with Crippen molar-refractivity contribution in [3.8, 4) is 5.75 Å². The zero-order valence-electron chi connectivity index (χ0n) is 16.2. The van der Waals surface area contributed by atoms with Crippen molar-refractivity contribution in [3.05, 3.63) is 64.7 Å². The summed E-state index contributed by atoms with van der Waals surface area (Å²) in [6, 6.07) is 2.74. The van der Waals surface area contributed by atoms with Crippen molar-refractivity contribution < 1.29 is 9.50 Å². The molecule has 0 amide bonds. The molecule has 2 N–H and O–H groups in total. The number of phenolic OH excluding ortho intramolecular Hbond substituents is 1. The van der Waals surface area contributed by atoms with Crippen LogP contribution in [0.2, 0.25) is 0 Å². The molecule has 0 aliphatic heterocycles. The lowest BCUT2D eigenvalue weighted by Gasteiger charge is -2.29. The standard InChI is InChI=1S/C21H31FN2O/c1-7-8-9-10-16(3)21(24(6)12-11-17(4)23-5)20-18(22)13-15(2)14-19(20)25/h8-11,13-14,21,23,25H,7,12H2,1-6H3/b9-8-,16-10+,17-11+. The number of hydrogen-bond acceptors (Lipinski definition) is 3. The minimum absolute atomic E-state index is 0.00381. The minimum Gasteiger partial charge on any atom is -0.507 e. The summed E-state index contributed by atoms with van der Waals surface area (Å²) in [6.07, 6.45) is 9.01. The Labute approximate surface area is 151 Å². The first-order chi connectivity index (χ1) is 11.8. The Morgan fingerprint density at radius 2 is 2.04 bits per heavy atom. The number of aromatic hydroxyl groups is 1. The lowest BCUT2D eigenvalue weighted by Crippen LogP contribution is -2.27. The Bertz CT molecular complexity index is 639. The average molecular weight is 346 g/mol. The second-order valence-electron chi connectivity index (χ2n) is 6.41. The summed E-state index contributed by atoms with van der Waals surface area (Å²) in [5, 5.41) is 13.5. The van der Waals surface area contributed by atoms with Gasteiger partial charge in [-0.3, -0.25) is 4.90 Å². The molecule has 1 aromatic rings. The lowest BCUT2D eigenvalue weighted by molar-refractivity contribution is 0.288. The molecule has 0 bridgehead atoms. The number of aryl methyl sites for hydroxylation is 1. The number of rotatable bonds is 8. The van der Waals surface area contributed by atoms with E-state index in [0.717, 1.165) is 17.7 Å². The van der Waals surface area contributed by atoms with Gasteiger partial charge in [-0.1, -0.05) is 36.8 Å². The number of benzene rings is 1. The van der Waals surface area contributed by atoms with Crippen molar-refractivity contribution in [1.29, 1.82) is 0 Å². The monoisotopic (exact) mass is 346 g/mol. The fraction of sp³-hybridized carbons (Fsp3) is 0.429. The van der Waals surface area contributed by atoms with E-state index < -0.39 is 0 Å². The highest BCUT2D eigenvalue weighted by atomic mass is 19.1. The van der Waals surface area contributed by atoms with Gasteiger partial charge in [0.05, 0.1) is 11.6 Å². The van der Waals surface area contributed by atoms with Crippen LogP contribution >= 0.6 is 0 Å². The van der Waals surface area contributed by atoms with E-state index in [1.807, 2.05) is 51.1 Å². The Balaban J connectivity index is 3.33. The van der Waals surface area contributed by atoms with Gasteiger partial charge in [-0.15, -0.1) is 0 Å². The Morgan fingerprint density at radius 3 is 2.60 bits per heavy atom. The van der Waals surface area contributed by atoms with Crippen LogP contribution in [0.5, 0.6) is 5.75 Å². The fourth-order valence-electron chi connectivity index (χ4n) is 2.74. The summed E-state index contributed by atoms with van der Waals surface area (Å²) in [5.74, 6) is -0.383. The fourth-order valence-corrected chi connectivity index (χ4v) is 2.74. The third kappa shape index (κ3) is 6.05. The molecule has 0 aliphatic rings. The smallest absolute Gasteiger partial charge is 0.132 e. The maximum Gasteiger partial charge on any atom is 0.132 e. The molecule has 0 spiro atoms. The van der Waals surface area contributed by atoms with Crippen LogP contribution in [-0.4, -0.2) is 30.6 Å². The Morgan fingerprint density at radius 1 is 1.36 bits per heavy atom. The van der Waals surface area contributed by atoms with E-state index in [-0.39, 0.29) is 17.6 Å². The van der Waals surface area contributed by atoms with Crippen molar-refractivity contribution in [1.82, 2.24) is 10.2 Å². The quantitative estimate of drug-likeness (QED) is 0.661. The van der Waals surface area contributed by atoms with Gasteiger partial charge >= 0.3 is 0 Å². The number of nitrogens with zero attached hydrogens (tertiary/aromatic N) is 1. The van der Waals surface area contributed by atoms with Gasteiger partial charge < -0.3 is 10.4 Å². The van der Waals surface area contributed by atoms with Crippen LogP contribution in [0.15, 0.2) is 47.7 Å². The number of allylic oxidation sites excluding steroid dienone is 4. The van der Waals surface area contributed by atoms with Crippen LogP contribution < -0.4 is 5.32 Å². The van der Waals surface area contributed by atoms with Gasteiger partial charge in [-0.2, -0.15) is 0 Å². The van der Waals surface area contributed by atoms with Crippen molar-refractivity contribution in [2.24, 2.45) is 0 Å². The maximum atomic E-state index is 14.7. The first-order valence-corrected chi connectivity index (χ1v) is 8.68. The van der Waals surface area contributed by atoms with Crippen molar-refractivity contribution in [2.75, 3.05) is 20.6 Å². The average Bonchev–Trinajstić information content (AvgIpc) is 2.55. The number of phenols is 1. The number of halogens is 1. The largest absolute Gasteiger partial charge is 0.507 e. The summed E-state index contributed by atoms with van der Waals surface area (Å²) in [7, 11) is 3.80. The van der Waals surface area contributed by atoms with Crippen LogP contribution in [0.3, 0.4) is 0 Å². The molecule has 1 atom stereocenters. The molecule has 0 saturated carbocycles. The number of hydrogen-bond donors (Lipinski definition) is 2.